The molecular weight excluding hydrogens is 378 g/mol. The van der Waals surface area contributed by atoms with Gasteiger partial charge in [-0.05, 0) is 30.3 Å². The highest BCUT2D eigenvalue weighted by Crippen LogP contribution is 2.20. The maximum atomic E-state index is 11.9. The molecule has 2 aromatic heterocycles. The summed E-state index contributed by atoms with van der Waals surface area (Å²) in [7, 11) is 1.28. The van der Waals surface area contributed by atoms with Gasteiger partial charge in [-0.1, -0.05) is 15.9 Å². The Morgan fingerprint density at radius 3 is 2.67 bits per heavy atom. The van der Waals surface area contributed by atoms with Crippen molar-refractivity contribution < 1.29 is 13.9 Å². The van der Waals surface area contributed by atoms with E-state index in [1.807, 2.05) is 24.3 Å². The van der Waals surface area contributed by atoms with Crippen molar-refractivity contribution in [3.63, 3.8) is 0 Å². The topological polar surface area (TPSA) is 87.2 Å². The predicted octanol–water partition coefficient (Wildman–Crippen LogP) is 2.50. The lowest BCUT2D eigenvalue weighted by molar-refractivity contribution is 0.0599. The zero-order chi connectivity index (χ0) is 17.1. The molecule has 122 valence electrons. The molecule has 0 radical (unpaired) electrons. The zero-order valence-electron chi connectivity index (χ0n) is 12.6. The number of halogens is 1. The molecule has 3 rings (SSSR count). The Hall–Kier alpha value is -2.74. The lowest BCUT2D eigenvalue weighted by Gasteiger charge is -2.04. The SMILES string of the molecule is COC(=O)c1ccc(=O)n(Cc2nnc(-c3ccc(Br)cc3)o2)c1. The molecule has 2 heterocycles. The van der Waals surface area contributed by atoms with Crippen LogP contribution in [0.5, 0.6) is 0 Å². The summed E-state index contributed by atoms with van der Waals surface area (Å²) in [5.74, 6) is 0.0940. The molecule has 0 spiro atoms. The van der Waals surface area contributed by atoms with Gasteiger partial charge in [0.05, 0.1) is 12.7 Å². The fraction of sp³-hybridized carbons (Fsp3) is 0.125. The van der Waals surface area contributed by atoms with Gasteiger partial charge in [0.15, 0.2) is 0 Å². The van der Waals surface area contributed by atoms with E-state index in [9.17, 15) is 9.59 Å². The summed E-state index contributed by atoms with van der Waals surface area (Å²) in [4.78, 5) is 23.5. The number of benzene rings is 1. The molecule has 0 saturated carbocycles. The van der Waals surface area contributed by atoms with E-state index in [0.29, 0.717) is 5.89 Å². The molecule has 3 aromatic rings. The van der Waals surface area contributed by atoms with Crippen molar-refractivity contribution in [2.75, 3.05) is 7.11 Å². The number of ether oxygens (including phenoxy) is 1. The summed E-state index contributed by atoms with van der Waals surface area (Å²) in [5.41, 5.74) is 0.753. The van der Waals surface area contributed by atoms with Gasteiger partial charge in [-0.3, -0.25) is 4.79 Å². The Balaban J connectivity index is 1.86. The normalized spacial score (nSPS) is 10.6. The fourth-order valence-electron chi connectivity index (χ4n) is 2.07. The summed E-state index contributed by atoms with van der Waals surface area (Å²) in [5, 5.41) is 7.92. The van der Waals surface area contributed by atoms with Crippen LogP contribution in [0.15, 0.2) is 56.3 Å². The van der Waals surface area contributed by atoms with Gasteiger partial charge in [-0.15, -0.1) is 10.2 Å². The molecule has 0 fully saturated rings. The number of carbonyl (C=O) groups excluding carboxylic acids is 1. The number of aromatic nitrogens is 3. The highest BCUT2D eigenvalue weighted by Gasteiger charge is 2.12. The van der Waals surface area contributed by atoms with Gasteiger partial charge in [0, 0.05) is 22.3 Å². The van der Waals surface area contributed by atoms with Crippen molar-refractivity contribution in [1.82, 2.24) is 14.8 Å². The first-order valence-corrected chi connectivity index (χ1v) is 7.73. The van der Waals surface area contributed by atoms with Gasteiger partial charge in [-0.25, -0.2) is 4.79 Å². The highest BCUT2D eigenvalue weighted by atomic mass is 79.9. The molecule has 0 bridgehead atoms. The Bertz CT molecular complexity index is 931. The molecule has 0 unspecified atom stereocenters. The molecule has 7 nitrogen and oxygen atoms in total. The molecule has 0 aliphatic carbocycles. The molecule has 8 heteroatoms. The third-order valence-corrected chi connectivity index (χ3v) is 3.80. The smallest absolute Gasteiger partial charge is 0.339 e. The summed E-state index contributed by atoms with van der Waals surface area (Å²) in [6.07, 6.45) is 1.40. The number of methoxy groups -OCH3 is 1. The van der Waals surface area contributed by atoms with Crippen molar-refractivity contribution >= 4 is 21.9 Å². The van der Waals surface area contributed by atoms with Crippen LogP contribution in [0.3, 0.4) is 0 Å². The molecule has 0 aliphatic rings. The van der Waals surface area contributed by atoms with E-state index in [1.165, 1.54) is 30.0 Å². The molecule has 0 aliphatic heterocycles. The van der Waals surface area contributed by atoms with E-state index in [-0.39, 0.29) is 23.6 Å². The Labute approximate surface area is 145 Å². The largest absolute Gasteiger partial charge is 0.465 e. The van der Waals surface area contributed by atoms with E-state index >= 15 is 0 Å². The van der Waals surface area contributed by atoms with Gasteiger partial charge < -0.3 is 13.7 Å². The van der Waals surface area contributed by atoms with Gasteiger partial charge in [0.2, 0.25) is 11.8 Å². The molecule has 24 heavy (non-hydrogen) atoms. The first-order valence-electron chi connectivity index (χ1n) is 6.94. The first kappa shape index (κ1) is 16.1. The number of hydrogen-bond donors (Lipinski definition) is 0. The first-order chi connectivity index (χ1) is 11.6. The van der Waals surface area contributed by atoms with E-state index in [2.05, 4.69) is 30.9 Å². The minimum atomic E-state index is -0.523. The van der Waals surface area contributed by atoms with Crippen LogP contribution in [0.4, 0.5) is 0 Å². The second-order valence-electron chi connectivity index (χ2n) is 4.88. The van der Waals surface area contributed by atoms with Gasteiger partial charge in [0.1, 0.15) is 6.54 Å². The summed E-state index contributed by atoms with van der Waals surface area (Å²) >= 11 is 3.36. The standard InChI is InChI=1S/C16H12BrN3O4/c1-23-16(22)11-4-7-14(21)20(8-11)9-13-18-19-15(24-13)10-2-5-12(17)6-3-10/h2-8H,9H2,1H3. The van der Waals surface area contributed by atoms with Crippen LogP contribution in [-0.4, -0.2) is 27.8 Å². The van der Waals surface area contributed by atoms with Gasteiger partial charge in [0.25, 0.3) is 5.56 Å². The summed E-state index contributed by atoms with van der Waals surface area (Å²) in [6.45, 7) is 0.0627. The number of nitrogens with zero attached hydrogens (tertiary/aromatic N) is 3. The van der Waals surface area contributed by atoms with Crippen LogP contribution in [-0.2, 0) is 11.3 Å². The third-order valence-electron chi connectivity index (χ3n) is 3.27. The van der Waals surface area contributed by atoms with Crippen molar-refractivity contribution in [3.8, 4) is 11.5 Å². The molecular formula is C16H12BrN3O4. The highest BCUT2D eigenvalue weighted by molar-refractivity contribution is 9.10. The maximum Gasteiger partial charge on any atom is 0.339 e. The van der Waals surface area contributed by atoms with E-state index in [1.54, 1.807) is 0 Å². The van der Waals surface area contributed by atoms with Crippen LogP contribution >= 0.6 is 15.9 Å². The summed E-state index contributed by atoms with van der Waals surface area (Å²) < 4.78 is 12.5. The quantitative estimate of drug-likeness (QED) is 0.637. The number of esters is 1. The Morgan fingerprint density at radius 1 is 1.21 bits per heavy atom. The van der Waals surface area contributed by atoms with Crippen molar-refractivity contribution in [1.29, 1.82) is 0 Å². The zero-order valence-corrected chi connectivity index (χ0v) is 14.2. The minimum absolute atomic E-state index is 0.0627. The second-order valence-corrected chi connectivity index (χ2v) is 5.80. The van der Waals surface area contributed by atoms with E-state index in [0.717, 1.165) is 10.0 Å². The number of carbonyl (C=O) groups is 1. The lowest BCUT2D eigenvalue weighted by Crippen LogP contribution is -2.21. The molecule has 1 aromatic carbocycles. The minimum Gasteiger partial charge on any atom is -0.465 e. The van der Waals surface area contributed by atoms with Crippen LogP contribution in [0.2, 0.25) is 0 Å². The number of pyridine rings is 1. The van der Waals surface area contributed by atoms with Crippen molar-refractivity contribution in [2.45, 2.75) is 6.54 Å². The molecule has 0 saturated heterocycles. The average Bonchev–Trinajstić information content (AvgIpc) is 3.05. The lowest BCUT2D eigenvalue weighted by atomic mass is 10.2. The van der Waals surface area contributed by atoms with E-state index in [4.69, 9.17) is 4.42 Å². The van der Waals surface area contributed by atoms with Crippen molar-refractivity contribution in [2.24, 2.45) is 0 Å². The molecule has 0 amide bonds. The van der Waals surface area contributed by atoms with Crippen LogP contribution in [0, 0.1) is 0 Å². The van der Waals surface area contributed by atoms with Gasteiger partial charge in [-0.2, -0.15) is 0 Å². The number of rotatable bonds is 4. The molecule has 0 N–H and O–H groups in total. The fourth-order valence-corrected chi connectivity index (χ4v) is 2.33. The predicted molar refractivity (Wildman–Crippen MR) is 88.6 cm³/mol. The monoisotopic (exact) mass is 389 g/mol. The molecule has 0 atom stereocenters. The van der Waals surface area contributed by atoms with Crippen molar-refractivity contribution in [3.05, 3.63) is 68.9 Å². The van der Waals surface area contributed by atoms with Crippen LogP contribution < -0.4 is 5.56 Å². The third kappa shape index (κ3) is 3.43. The van der Waals surface area contributed by atoms with E-state index < -0.39 is 5.97 Å². The van der Waals surface area contributed by atoms with Crippen LogP contribution in [0.1, 0.15) is 16.2 Å². The van der Waals surface area contributed by atoms with Crippen LogP contribution in [0.25, 0.3) is 11.5 Å². The van der Waals surface area contributed by atoms with Gasteiger partial charge >= 0.3 is 5.97 Å². The number of hydrogen-bond acceptors (Lipinski definition) is 6. The summed E-state index contributed by atoms with van der Waals surface area (Å²) in [6, 6.07) is 10.1. The second kappa shape index (κ2) is 6.79. The Kier molecular flexibility index (Phi) is 4.57. The Morgan fingerprint density at radius 2 is 1.96 bits per heavy atom. The average molecular weight is 390 g/mol. The maximum absolute atomic E-state index is 11.9.